The van der Waals surface area contributed by atoms with Crippen molar-refractivity contribution in [3.05, 3.63) is 30.2 Å². The Hall–Kier alpha value is -1.35. The highest BCUT2D eigenvalue weighted by Crippen LogP contribution is 2.29. The molecule has 2 aromatic rings. The lowest BCUT2D eigenvalue weighted by Gasteiger charge is -2.30. The predicted molar refractivity (Wildman–Crippen MR) is 83.8 cm³/mol. The quantitative estimate of drug-likeness (QED) is 0.894. The molecule has 2 rings (SSSR count). The lowest BCUT2D eigenvalue weighted by Crippen LogP contribution is -2.33. The zero-order valence-electron chi connectivity index (χ0n) is 13.2. The average molecular weight is 274 g/mol. The van der Waals surface area contributed by atoms with Crippen molar-refractivity contribution in [3.63, 3.8) is 0 Å². The fourth-order valence-electron chi connectivity index (χ4n) is 2.30. The summed E-state index contributed by atoms with van der Waals surface area (Å²) in [4.78, 5) is 4.56. The molecule has 0 fully saturated rings. The van der Waals surface area contributed by atoms with Gasteiger partial charge in [0.2, 0.25) is 0 Å². The zero-order valence-corrected chi connectivity index (χ0v) is 13.2. The van der Waals surface area contributed by atoms with Crippen LogP contribution in [0.1, 0.15) is 40.0 Å². The van der Waals surface area contributed by atoms with Crippen molar-refractivity contribution in [1.82, 2.24) is 10.3 Å². The van der Waals surface area contributed by atoms with Gasteiger partial charge in [0.25, 0.3) is 0 Å². The zero-order chi connectivity index (χ0) is 14.8. The molecule has 20 heavy (non-hydrogen) atoms. The van der Waals surface area contributed by atoms with Crippen LogP contribution in [0.2, 0.25) is 0 Å². The Morgan fingerprint density at radius 2 is 1.95 bits per heavy atom. The van der Waals surface area contributed by atoms with Gasteiger partial charge in [0.1, 0.15) is 5.52 Å². The third kappa shape index (κ3) is 3.60. The number of para-hydroxylation sites is 2. The van der Waals surface area contributed by atoms with Gasteiger partial charge in [0.05, 0.1) is 0 Å². The lowest BCUT2D eigenvalue weighted by atomic mass is 9.78. The maximum Gasteiger partial charge on any atom is 0.197 e. The van der Waals surface area contributed by atoms with Gasteiger partial charge >= 0.3 is 0 Å². The molecule has 0 aliphatic rings. The minimum Gasteiger partial charge on any atom is -0.441 e. The third-order valence-corrected chi connectivity index (χ3v) is 4.28. The van der Waals surface area contributed by atoms with Crippen molar-refractivity contribution in [2.45, 2.75) is 46.6 Å². The van der Waals surface area contributed by atoms with Gasteiger partial charge in [-0.05, 0) is 36.9 Å². The van der Waals surface area contributed by atoms with Crippen LogP contribution in [0, 0.1) is 11.3 Å². The van der Waals surface area contributed by atoms with Crippen molar-refractivity contribution < 1.29 is 4.42 Å². The van der Waals surface area contributed by atoms with Crippen LogP contribution in [0.5, 0.6) is 0 Å². The number of hydrogen-bond donors (Lipinski definition) is 1. The number of oxazole rings is 1. The molecular weight excluding hydrogens is 248 g/mol. The van der Waals surface area contributed by atoms with Gasteiger partial charge in [0.15, 0.2) is 11.5 Å². The Kier molecular flexibility index (Phi) is 4.48. The van der Waals surface area contributed by atoms with Gasteiger partial charge in [-0.25, -0.2) is 4.98 Å². The maximum absolute atomic E-state index is 5.82. The molecule has 1 heterocycles. The summed E-state index contributed by atoms with van der Waals surface area (Å²) in [6, 6.07) is 8.34. The highest BCUT2D eigenvalue weighted by molar-refractivity contribution is 5.72. The van der Waals surface area contributed by atoms with Crippen LogP contribution in [-0.4, -0.2) is 18.1 Å². The molecule has 0 aliphatic carbocycles. The number of nitrogens with one attached hydrogen (secondary N) is 1. The molecule has 2 unspecified atom stereocenters. The van der Waals surface area contributed by atoms with Gasteiger partial charge in [-0.2, -0.15) is 0 Å². The Morgan fingerprint density at radius 3 is 2.55 bits per heavy atom. The molecule has 3 heteroatoms. The standard InChI is InChI=1S/C17H26N2O/c1-12(17(2,3)4)10-13(18-5)11-16-19-14-8-6-7-9-15(14)20-16/h6-9,12-13,18H,10-11H2,1-5H3. The third-order valence-electron chi connectivity index (χ3n) is 4.28. The minimum atomic E-state index is 0.330. The van der Waals surface area contributed by atoms with E-state index in [2.05, 4.69) is 38.0 Å². The first-order chi connectivity index (χ1) is 9.40. The first-order valence-electron chi connectivity index (χ1n) is 7.42. The van der Waals surface area contributed by atoms with E-state index in [1.807, 2.05) is 31.3 Å². The van der Waals surface area contributed by atoms with Crippen LogP contribution < -0.4 is 5.32 Å². The summed E-state index contributed by atoms with van der Waals surface area (Å²) < 4.78 is 5.82. The number of aromatic nitrogens is 1. The molecule has 0 saturated carbocycles. The Labute approximate surface area is 121 Å². The Morgan fingerprint density at radius 1 is 1.25 bits per heavy atom. The second kappa shape index (κ2) is 5.96. The molecule has 3 nitrogen and oxygen atoms in total. The highest BCUT2D eigenvalue weighted by Gasteiger charge is 2.24. The summed E-state index contributed by atoms with van der Waals surface area (Å²) in [7, 11) is 2.02. The van der Waals surface area contributed by atoms with E-state index in [1.165, 1.54) is 0 Å². The monoisotopic (exact) mass is 274 g/mol. The number of fused-ring (bicyclic) bond motifs is 1. The SMILES string of the molecule is CNC(Cc1nc2ccccc2o1)CC(C)C(C)(C)C. The van der Waals surface area contributed by atoms with E-state index in [0.29, 0.717) is 17.4 Å². The fourth-order valence-corrected chi connectivity index (χ4v) is 2.30. The molecule has 0 bridgehead atoms. The molecule has 0 aliphatic heterocycles. The Balaban J connectivity index is 2.06. The summed E-state index contributed by atoms with van der Waals surface area (Å²) in [5.74, 6) is 1.47. The van der Waals surface area contributed by atoms with E-state index in [0.717, 1.165) is 29.8 Å². The van der Waals surface area contributed by atoms with E-state index in [1.54, 1.807) is 0 Å². The van der Waals surface area contributed by atoms with Crippen LogP contribution in [0.25, 0.3) is 11.1 Å². The van der Waals surface area contributed by atoms with Crippen molar-refractivity contribution in [2.75, 3.05) is 7.05 Å². The second-order valence-corrected chi connectivity index (χ2v) is 6.77. The molecule has 1 aromatic heterocycles. The fraction of sp³-hybridized carbons (Fsp3) is 0.588. The van der Waals surface area contributed by atoms with Crippen molar-refractivity contribution in [2.24, 2.45) is 11.3 Å². The summed E-state index contributed by atoms with van der Waals surface area (Å²) in [6.45, 7) is 9.20. The first-order valence-corrected chi connectivity index (χ1v) is 7.42. The van der Waals surface area contributed by atoms with Crippen molar-refractivity contribution >= 4 is 11.1 Å². The molecule has 0 amide bonds. The molecule has 2 atom stereocenters. The first kappa shape index (κ1) is 15.0. The van der Waals surface area contributed by atoms with Crippen LogP contribution >= 0.6 is 0 Å². The number of rotatable bonds is 5. The van der Waals surface area contributed by atoms with E-state index >= 15 is 0 Å². The van der Waals surface area contributed by atoms with Gasteiger partial charge in [-0.15, -0.1) is 0 Å². The smallest absolute Gasteiger partial charge is 0.197 e. The number of benzene rings is 1. The molecule has 1 aromatic carbocycles. The van der Waals surface area contributed by atoms with Crippen LogP contribution in [0.3, 0.4) is 0 Å². The van der Waals surface area contributed by atoms with Gasteiger partial charge in [-0.1, -0.05) is 39.8 Å². The number of hydrogen-bond acceptors (Lipinski definition) is 3. The highest BCUT2D eigenvalue weighted by atomic mass is 16.3. The molecular formula is C17H26N2O. The summed E-state index contributed by atoms with van der Waals surface area (Å²) in [6.07, 6.45) is 1.96. The summed E-state index contributed by atoms with van der Waals surface area (Å²) in [5, 5.41) is 3.40. The molecule has 0 radical (unpaired) electrons. The molecule has 1 N–H and O–H groups in total. The minimum absolute atomic E-state index is 0.330. The summed E-state index contributed by atoms with van der Waals surface area (Å²) >= 11 is 0. The summed E-state index contributed by atoms with van der Waals surface area (Å²) in [5.41, 5.74) is 2.15. The average Bonchev–Trinajstić information content (AvgIpc) is 2.78. The Bertz CT molecular complexity index is 520. The van der Waals surface area contributed by atoms with Crippen LogP contribution in [0.15, 0.2) is 28.7 Å². The predicted octanol–water partition coefficient (Wildman–Crippen LogP) is 4.03. The van der Waals surface area contributed by atoms with Gasteiger partial charge < -0.3 is 9.73 Å². The molecule has 0 spiro atoms. The second-order valence-electron chi connectivity index (χ2n) is 6.77. The normalized spacial score (nSPS) is 15.4. The van der Waals surface area contributed by atoms with Gasteiger partial charge in [0, 0.05) is 12.5 Å². The van der Waals surface area contributed by atoms with E-state index in [9.17, 15) is 0 Å². The molecule has 110 valence electrons. The van der Waals surface area contributed by atoms with Gasteiger partial charge in [-0.3, -0.25) is 0 Å². The van der Waals surface area contributed by atoms with Crippen LogP contribution in [0.4, 0.5) is 0 Å². The van der Waals surface area contributed by atoms with E-state index in [-0.39, 0.29) is 0 Å². The lowest BCUT2D eigenvalue weighted by molar-refractivity contribution is 0.222. The topological polar surface area (TPSA) is 38.1 Å². The maximum atomic E-state index is 5.82. The van der Waals surface area contributed by atoms with E-state index in [4.69, 9.17) is 4.42 Å². The molecule has 0 saturated heterocycles. The van der Waals surface area contributed by atoms with Crippen LogP contribution in [-0.2, 0) is 6.42 Å². The largest absolute Gasteiger partial charge is 0.441 e. The van der Waals surface area contributed by atoms with Crippen molar-refractivity contribution in [1.29, 1.82) is 0 Å². The number of nitrogens with zero attached hydrogens (tertiary/aromatic N) is 1. The van der Waals surface area contributed by atoms with Crippen molar-refractivity contribution in [3.8, 4) is 0 Å². The number of likely N-dealkylation sites (N-methyl/N-ethyl adjacent to an activating group) is 1. The van der Waals surface area contributed by atoms with E-state index < -0.39 is 0 Å².